The van der Waals surface area contributed by atoms with Crippen LogP contribution in [0.5, 0.6) is 11.5 Å². The molecule has 0 amide bonds. The fourth-order valence-corrected chi connectivity index (χ4v) is 7.41. The van der Waals surface area contributed by atoms with Crippen LogP contribution in [-0.4, -0.2) is 38.8 Å². The first-order chi connectivity index (χ1) is 16.8. The Hall–Kier alpha value is -3.77. The van der Waals surface area contributed by atoms with Crippen molar-refractivity contribution in [3.05, 3.63) is 87.0 Å². The molecule has 0 aromatic heterocycles. The van der Waals surface area contributed by atoms with Gasteiger partial charge in [0, 0.05) is 18.4 Å². The molecule has 3 atom stereocenters. The lowest BCUT2D eigenvalue weighted by atomic mass is 9.56. The highest BCUT2D eigenvalue weighted by molar-refractivity contribution is 6.17. The molecule has 2 aromatic rings. The molecule has 6 heteroatoms. The van der Waals surface area contributed by atoms with Crippen molar-refractivity contribution in [2.24, 2.45) is 5.92 Å². The lowest BCUT2D eigenvalue weighted by Gasteiger charge is -2.45. The number of benzene rings is 2. The minimum atomic E-state index is -0.890. The zero-order valence-corrected chi connectivity index (χ0v) is 18.8. The molecule has 35 heavy (non-hydrogen) atoms. The summed E-state index contributed by atoms with van der Waals surface area (Å²) in [4.78, 5) is 39.4. The lowest BCUT2D eigenvalue weighted by molar-refractivity contribution is -0.118. The molecule has 3 unspecified atom stereocenters. The highest BCUT2D eigenvalue weighted by Gasteiger charge is 2.59. The number of carbonyl (C=O) groups is 3. The summed E-state index contributed by atoms with van der Waals surface area (Å²) in [6.07, 6.45) is 4.01. The average Bonchev–Trinajstić information content (AvgIpc) is 3.01. The van der Waals surface area contributed by atoms with Gasteiger partial charge in [-0.1, -0.05) is 24.3 Å². The minimum absolute atomic E-state index is 0.0722. The Morgan fingerprint density at radius 2 is 1.54 bits per heavy atom. The number of allylic oxidation sites excluding steroid dienone is 5. The third-order valence-electron chi connectivity index (χ3n) is 8.59. The second-order valence-electron chi connectivity index (χ2n) is 10.2. The predicted molar refractivity (Wildman–Crippen MR) is 126 cm³/mol. The van der Waals surface area contributed by atoms with Crippen molar-refractivity contribution in [1.82, 2.24) is 0 Å². The van der Waals surface area contributed by atoms with Gasteiger partial charge >= 0.3 is 0 Å². The van der Waals surface area contributed by atoms with Gasteiger partial charge in [0.05, 0.1) is 22.6 Å². The molecule has 0 heterocycles. The van der Waals surface area contributed by atoms with Gasteiger partial charge in [-0.05, 0) is 76.8 Å². The monoisotopic (exact) mass is 466 g/mol. The maximum Gasteiger partial charge on any atom is 0.190 e. The zero-order valence-electron chi connectivity index (χ0n) is 18.8. The average molecular weight is 466 g/mol. The van der Waals surface area contributed by atoms with E-state index in [1.54, 1.807) is 12.1 Å². The van der Waals surface area contributed by atoms with Gasteiger partial charge in [0.15, 0.2) is 17.3 Å². The van der Waals surface area contributed by atoms with Crippen molar-refractivity contribution < 1.29 is 29.7 Å². The van der Waals surface area contributed by atoms with Gasteiger partial charge in [0.25, 0.3) is 0 Å². The SMILES string of the molecule is O=C1CC(O)CC2=C1CCC1CC(=O)c3c(O)cccc3C13C2=C1C=CC(=O)c2c(O)ccc3c21. The molecule has 174 valence electrons. The van der Waals surface area contributed by atoms with Crippen LogP contribution in [0.2, 0.25) is 0 Å². The van der Waals surface area contributed by atoms with E-state index in [4.69, 9.17) is 0 Å². The first kappa shape index (κ1) is 20.6. The Balaban J connectivity index is 1.70. The van der Waals surface area contributed by atoms with Crippen LogP contribution >= 0.6 is 0 Å². The number of rotatable bonds is 0. The number of phenols is 2. The number of phenolic OH excluding ortho intramolecular Hbond substituents is 2. The number of Topliss-reactive ketones (excluding diaryl/α,β-unsaturated/α-hetero) is 2. The highest BCUT2D eigenvalue weighted by atomic mass is 16.3. The normalized spacial score (nSPS) is 28.3. The Morgan fingerprint density at radius 3 is 2.37 bits per heavy atom. The van der Waals surface area contributed by atoms with E-state index in [9.17, 15) is 29.7 Å². The van der Waals surface area contributed by atoms with Gasteiger partial charge in [-0.3, -0.25) is 14.4 Å². The van der Waals surface area contributed by atoms with E-state index < -0.39 is 11.5 Å². The minimum Gasteiger partial charge on any atom is -0.507 e. The number of ketones is 3. The summed E-state index contributed by atoms with van der Waals surface area (Å²) in [5.41, 5.74) is 4.72. The first-order valence-corrected chi connectivity index (χ1v) is 12.0. The van der Waals surface area contributed by atoms with Gasteiger partial charge < -0.3 is 15.3 Å². The van der Waals surface area contributed by atoms with Gasteiger partial charge in [-0.15, -0.1) is 0 Å². The number of carbonyl (C=O) groups excluding carboxylic acids is 3. The summed E-state index contributed by atoms with van der Waals surface area (Å²) < 4.78 is 0. The molecule has 3 N–H and O–H groups in total. The molecule has 2 aromatic carbocycles. The highest BCUT2D eigenvalue weighted by Crippen LogP contribution is 2.65. The van der Waals surface area contributed by atoms with Crippen LogP contribution < -0.4 is 0 Å². The molecule has 1 spiro atoms. The van der Waals surface area contributed by atoms with E-state index in [1.165, 1.54) is 18.2 Å². The summed E-state index contributed by atoms with van der Waals surface area (Å²) in [6.45, 7) is 0. The van der Waals surface area contributed by atoms with E-state index in [0.717, 1.165) is 22.3 Å². The molecule has 0 bridgehead atoms. The Labute approximate surface area is 200 Å². The van der Waals surface area contributed by atoms with E-state index in [2.05, 4.69) is 0 Å². The predicted octanol–water partition coefficient (Wildman–Crippen LogP) is 3.92. The number of fused-ring (bicyclic) bond motifs is 2. The molecular weight excluding hydrogens is 444 g/mol. The fraction of sp³-hybridized carbons (Fsp3) is 0.276. The topological polar surface area (TPSA) is 112 Å². The smallest absolute Gasteiger partial charge is 0.190 e. The molecule has 0 saturated carbocycles. The van der Waals surface area contributed by atoms with Crippen LogP contribution in [0.3, 0.4) is 0 Å². The molecule has 0 aliphatic heterocycles. The molecule has 0 radical (unpaired) electrons. The second-order valence-corrected chi connectivity index (χ2v) is 10.2. The molecule has 5 aliphatic carbocycles. The number of aliphatic hydroxyl groups is 1. The first-order valence-electron chi connectivity index (χ1n) is 12.0. The molecular formula is C29H22O6. The third kappa shape index (κ3) is 2.35. The fourth-order valence-electron chi connectivity index (χ4n) is 7.41. The maximum atomic E-state index is 13.3. The summed E-state index contributed by atoms with van der Waals surface area (Å²) in [5.74, 6) is -0.950. The van der Waals surface area contributed by atoms with Crippen LogP contribution in [-0.2, 0) is 10.2 Å². The molecule has 0 saturated heterocycles. The maximum absolute atomic E-state index is 13.3. The quantitative estimate of drug-likeness (QED) is 0.543. The van der Waals surface area contributed by atoms with Crippen molar-refractivity contribution in [3.63, 3.8) is 0 Å². The van der Waals surface area contributed by atoms with Gasteiger partial charge in [0.1, 0.15) is 11.5 Å². The van der Waals surface area contributed by atoms with Gasteiger partial charge in [-0.25, -0.2) is 0 Å². The van der Waals surface area contributed by atoms with Gasteiger partial charge in [-0.2, -0.15) is 0 Å². The van der Waals surface area contributed by atoms with Crippen LogP contribution in [0.25, 0.3) is 5.57 Å². The van der Waals surface area contributed by atoms with Crippen molar-refractivity contribution in [3.8, 4) is 11.5 Å². The standard InChI is InChI=1S/C29H22O6/c30-14-11-17-15(23(34)12-14)5-4-13-10-24(35)26-18(2-1-3-20(26)31)29(13)19-7-9-22(33)27-21(32)8-6-16(25(19)27)28(17)29/h1-3,6-9,13-14,30-31,33H,4-5,10-12H2. The summed E-state index contributed by atoms with van der Waals surface area (Å²) in [6, 6.07) is 8.42. The molecule has 6 nitrogen and oxygen atoms in total. The Morgan fingerprint density at radius 1 is 0.771 bits per heavy atom. The van der Waals surface area contributed by atoms with Gasteiger partial charge in [0.2, 0.25) is 0 Å². The Kier molecular flexibility index (Phi) is 3.92. The summed E-state index contributed by atoms with van der Waals surface area (Å²) in [5, 5.41) is 32.1. The summed E-state index contributed by atoms with van der Waals surface area (Å²) in [7, 11) is 0. The van der Waals surface area contributed by atoms with Crippen LogP contribution in [0.1, 0.15) is 69.5 Å². The lowest BCUT2D eigenvalue weighted by Crippen LogP contribution is -2.43. The number of hydrogen-bond donors (Lipinski definition) is 3. The van der Waals surface area contributed by atoms with E-state index in [0.29, 0.717) is 36.0 Å². The zero-order chi connectivity index (χ0) is 24.2. The Bertz CT molecular complexity index is 1520. The van der Waals surface area contributed by atoms with E-state index >= 15 is 0 Å². The van der Waals surface area contributed by atoms with Crippen molar-refractivity contribution in [2.75, 3.05) is 0 Å². The molecule has 0 fully saturated rings. The molecule has 5 aliphatic rings. The van der Waals surface area contributed by atoms with Crippen LogP contribution in [0, 0.1) is 5.92 Å². The van der Waals surface area contributed by atoms with Crippen LogP contribution in [0.4, 0.5) is 0 Å². The van der Waals surface area contributed by atoms with Crippen LogP contribution in [0.15, 0.2) is 59.2 Å². The largest absolute Gasteiger partial charge is 0.507 e. The van der Waals surface area contributed by atoms with Crippen molar-refractivity contribution in [2.45, 2.75) is 43.6 Å². The second kappa shape index (κ2) is 6.67. The van der Waals surface area contributed by atoms with Crippen molar-refractivity contribution in [1.29, 1.82) is 0 Å². The summed E-state index contributed by atoms with van der Waals surface area (Å²) >= 11 is 0. The number of aliphatic hydroxyl groups excluding tert-OH is 1. The third-order valence-corrected chi connectivity index (χ3v) is 8.59. The van der Waals surface area contributed by atoms with E-state index in [1.807, 2.05) is 12.1 Å². The number of hydrogen-bond acceptors (Lipinski definition) is 6. The molecule has 7 rings (SSSR count). The van der Waals surface area contributed by atoms with Crippen molar-refractivity contribution >= 4 is 22.9 Å². The number of aromatic hydroxyl groups is 2. The van der Waals surface area contributed by atoms with E-state index in [-0.39, 0.29) is 58.7 Å².